The summed E-state index contributed by atoms with van der Waals surface area (Å²) < 4.78 is 30.3. The zero-order chi connectivity index (χ0) is 17.7. The number of aryl methyl sites for hydroxylation is 1. The monoisotopic (exact) mass is 347 g/mol. The maximum atomic E-state index is 12.5. The van der Waals surface area contributed by atoms with Gasteiger partial charge in [-0.2, -0.15) is 0 Å². The van der Waals surface area contributed by atoms with Gasteiger partial charge in [0.1, 0.15) is 11.0 Å². The lowest BCUT2D eigenvalue weighted by molar-refractivity contribution is -0.115. The Hall–Kier alpha value is -2.34. The molecule has 0 bridgehead atoms. The number of carbonyl (C=O) groups is 1. The molecule has 24 heavy (non-hydrogen) atoms. The number of ether oxygens (including phenoxy) is 1. The molecule has 2 aromatic carbocycles. The molecule has 6 heteroatoms. The van der Waals surface area contributed by atoms with Gasteiger partial charge in [0, 0.05) is 0 Å². The van der Waals surface area contributed by atoms with E-state index in [1.807, 2.05) is 19.1 Å². The van der Waals surface area contributed by atoms with E-state index in [2.05, 4.69) is 5.32 Å². The third-order valence-corrected chi connectivity index (χ3v) is 5.90. The summed E-state index contributed by atoms with van der Waals surface area (Å²) >= 11 is 0. The third kappa shape index (κ3) is 4.14. The Morgan fingerprint density at radius 2 is 1.75 bits per heavy atom. The number of hydrogen-bond acceptors (Lipinski definition) is 4. The number of amides is 1. The second-order valence-electron chi connectivity index (χ2n) is 5.57. The molecule has 0 radical (unpaired) electrons. The van der Waals surface area contributed by atoms with E-state index in [1.54, 1.807) is 36.4 Å². The molecule has 0 heterocycles. The van der Waals surface area contributed by atoms with Gasteiger partial charge in [0.25, 0.3) is 0 Å². The average Bonchev–Trinajstić information content (AvgIpc) is 2.56. The molecule has 0 aliphatic rings. The van der Waals surface area contributed by atoms with E-state index in [0.29, 0.717) is 17.0 Å². The summed E-state index contributed by atoms with van der Waals surface area (Å²) in [7, 11) is -2.14. The van der Waals surface area contributed by atoms with Crippen LogP contribution in [0.15, 0.2) is 48.5 Å². The summed E-state index contributed by atoms with van der Waals surface area (Å²) in [5.74, 6) is -0.261. The Morgan fingerprint density at radius 3 is 2.42 bits per heavy atom. The van der Waals surface area contributed by atoms with Crippen molar-refractivity contribution in [2.24, 2.45) is 0 Å². The fourth-order valence-electron chi connectivity index (χ4n) is 2.26. The number of rotatable bonds is 6. The van der Waals surface area contributed by atoms with Crippen molar-refractivity contribution in [1.82, 2.24) is 0 Å². The molecule has 1 amide bonds. The van der Waals surface area contributed by atoms with Gasteiger partial charge in [0.15, 0.2) is 9.84 Å². The molecule has 1 atom stereocenters. The maximum Gasteiger partial charge on any atom is 0.242 e. The fraction of sp³-hybridized carbons (Fsp3) is 0.278. The van der Waals surface area contributed by atoms with Crippen LogP contribution in [0.25, 0.3) is 0 Å². The molecule has 5 nitrogen and oxygen atoms in total. The standard InChI is InChI=1S/C18H21NO4S/c1-13-8-4-5-9-15(13)12-24(21,22)14(2)18(20)19-16-10-6-7-11-17(16)23-3/h4-11,14H,12H2,1-3H3,(H,19,20)/t14-/m1/s1. The van der Waals surface area contributed by atoms with E-state index < -0.39 is 21.0 Å². The number of nitrogens with one attached hydrogen (secondary N) is 1. The van der Waals surface area contributed by atoms with Crippen molar-refractivity contribution in [3.05, 3.63) is 59.7 Å². The number of carbonyl (C=O) groups excluding carboxylic acids is 1. The van der Waals surface area contributed by atoms with Crippen LogP contribution in [0.2, 0.25) is 0 Å². The summed E-state index contributed by atoms with van der Waals surface area (Å²) in [6.45, 7) is 3.25. The van der Waals surface area contributed by atoms with Crippen molar-refractivity contribution in [2.45, 2.75) is 24.9 Å². The predicted molar refractivity (Wildman–Crippen MR) is 94.9 cm³/mol. The lowest BCUT2D eigenvalue weighted by atomic mass is 10.1. The highest BCUT2D eigenvalue weighted by molar-refractivity contribution is 7.92. The number of sulfone groups is 1. The molecule has 2 rings (SSSR count). The maximum absolute atomic E-state index is 12.5. The summed E-state index contributed by atoms with van der Waals surface area (Å²) in [6, 6.07) is 14.1. The Kier molecular flexibility index (Phi) is 5.62. The predicted octanol–water partition coefficient (Wildman–Crippen LogP) is 2.95. The van der Waals surface area contributed by atoms with Crippen molar-refractivity contribution in [1.29, 1.82) is 0 Å². The molecule has 0 saturated heterocycles. The minimum Gasteiger partial charge on any atom is -0.495 e. The highest BCUT2D eigenvalue weighted by Gasteiger charge is 2.29. The largest absolute Gasteiger partial charge is 0.495 e. The second kappa shape index (κ2) is 7.49. The van der Waals surface area contributed by atoms with Gasteiger partial charge in [0.2, 0.25) is 5.91 Å². The van der Waals surface area contributed by atoms with Crippen LogP contribution in [0.3, 0.4) is 0 Å². The number of anilines is 1. The van der Waals surface area contributed by atoms with Gasteiger partial charge in [-0.25, -0.2) is 8.42 Å². The zero-order valence-electron chi connectivity index (χ0n) is 13.9. The highest BCUT2D eigenvalue weighted by atomic mass is 32.2. The summed E-state index contributed by atoms with van der Waals surface area (Å²) in [6.07, 6.45) is 0. The van der Waals surface area contributed by atoms with E-state index >= 15 is 0 Å². The van der Waals surface area contributed by atoms with Crippen molar-refractivity contribution in [3.8, 4) is 5.75 Å². The van der Waals surface area contributed by atoms with Gasteiger partial charge >= 0.3 is 0 Å². The first-order valence-corrected chi connectivity index (χ1v) is 9.26. The van der Waals surface area contributed by atoms with Crippen LogP contribution in [0, 0.1) is 6.92 Å². The van der Waals surface area contributed by atoms with Crippen LogP contribution in [0.4, 0.5) is 5.69 Å². The molecular formula is C18H21NO4S. The van der Waals surface area contributed by atoms with Gasteiger partial charge < -0.3 is 10.1 Å². The van der Waals surface area contributed by atoms with Gasteiger partial charge in [-0.15, -0.1) is 0 Å². The van der Waals surface area contributed by atoms with E-state index in [0.717, 1.165) is 5.56 Å². The fourth-order valence-corrected chi connectivity index (χ4v) is 3.65. The zero-order valence-corrected chi connectivity index (χ0v) is 14.8. The molecule has 0 aromatic heterocycles. The summed E-state index contributed by atoms with van der Waals surface area (Å²) in [5.41, 5.74) is 2.04. The first-order chi connectivity index (χ1) is 11.3. The molecule has 0 unspecified atom stereocenters. The van der Waals surface area contributed by atoms with E-state index in [4.69, 9.17) is 4.74 Å². The average molecular weight is 347 g/mol. The first kappa shape index (κ1) is 18.0. The summed E-state index contributed by atoms with van der Waals surface area (Å²) in [5, 5.41) is 1.46. The lowest BCUT2D eigenvalue weighted by Crippen LogP contribution is -2.33. The normalized spacial score (nSPS) is 12.5. The van der Waals surface area contributed by atoms with Gasteiger partial charge in [0.05, 0.1) is 18.6 Å². The molecule has 1 N–H and O–H groups in total. The Bertz CT molecular complexity index is 830. The van der Waals surface area contributed by atoms with Crippen LogP contribution in [-0.2, 0) is 20.4 Å². The van der Waals surface area contributed by atoms with Gasteiger partial charge in [-0.3, -0.25) is 4.79 Å². The molecule has 0 spiro atoms. The van der Waals surface area contributed by atoms with Crippen LogP contribution in [-0.4, -0.2) is 26.7 Å². The topological polar surface area (TPSA) is 72.5 Å². The molecule has 0 fully saturated rings. The number of hydrogen-bond donors (Lipinski definition) is 1. The summed E-state index contributed by atoms with van der Waals surface area (Å²) in [4.78, 5) is 12.4. The Labute approximate surface area is 142 Å². The van der Waals surface area contributed by atoms with E-state index in [9.17, 15) is 13.2 Å². The second-order valence-corrected chi connectivity index (χ2v) is 7.89. The van der Waals surface area contributed by atoms with Crippen molar-refractivity contribution in [2.75, 3.05) is 12.4 Å². The Morgan fingerprint density at radius 1 is 1.12 bits per heavy atom. The third-order valence-electron chi connectivity index (χ3n) is 3.89. The Balaban J connectivity index is 2.16. The van der Waals surface area contributed by atoms with Gasteiger partial charge in [-0.05, 0) is 37.1 Å². The van der Waals surface area contributed by atoms with Crippen molar-refractivity contribution >= 4 is 21.4 Å². The van der Waals surface area contributed by atoms with E-state index in [-0.39, 0.29) is 5.75 Å². The molecule has 0 aliphatic heterocycles. The first-order valence-electron chi connectivity index (χ1n) is 7.55. The number of methoxy groups -OCH3 is 1. The smallest absolute Gasteiger partial charge is 0.242 e. The number of benzene rings is 2. The van der Waals surface area contributed by atoms with E-state index in [1.165, 1.54) is 14.0 Å². The minimum absolute atomic E-state index is 0.166. The van der Waals surface area contributed by atoms with Crippen LogP contribution >= 0.6 is 0 Å². The van der Waals surface area contributed by atoms with Crippen molar-refractivity contribution in [3.63, 3.8) is 0 Å². The molecular weight excluding hydrogens is 326 g/mol. The van der Waals surface area contributed by atoms with Crippen LogP contribution < -0.4 is 10.1 Å². The van der Waals surface area contributed by atoms with Crippen molar-refractivity contribution < 1.29 is 17.9 Å². The molecule has 128 valence electrons. The molecule has 0 saturated carbocycles. The molecule has 2 aromatic rings. The lowest BCUT2D eigenvalue weighted by Gasteiger charge is -2.15. The number of para-hydroxylation sites is 2. The van der Waals surface area contributed by atoms with Gasteiger partial charge in [-0.1, -0.05) is 36.4 Å². The SMILES string of the molecule is COc1ccccc1NC(=O)[C@@H](C)S(=O)(=O)Cc1ccccc1C. The minimum atomic E-state index is -3.63. The molecule has 0 aliphatic carbocycles. The van der Waals surface area contributed by atoms with Crippen LogP contribution in [0.5, 0.6) is 5.75 Å². The van der Waals surface area contributed by atoms with Crippen LogP contribution in [0.1, 0.15) is 18.1 Å². The quantitative estimate of drug-likeness (QED) is 0.872. The highest BCUT2D eigenvalue weighted by Crippen LogP contribution is 2.24.